The van der Waals surface area contributed by atoms with Crippen molar-refractivity contribution in [1.29, 1.82) is 0 Å². The molecule has 2 unspecified atom stereocenters. The molecule has 1 aliphatic heterocycles. The zero-order chi connectivity index (χ0) is 8.43. The number of aliphatic hydroxyl groups is 1. The van der Waals surface area contributed by atoms with Crippen LogP contribution in [0.3, 0.4) is 0 Å². The summed E-state index contributed by atoms with van der Waals surface area (Å²) in [5, 5.41) is 9.35. The molecule has 1 rings (SSSR count). The summed E-state index contributed by atoms with van der Waals surface area (Å²) in [7, 11) is 1.57. The number of methoxy groups -OCH3 is 1. The summed E-state index contributed by atoms with van der Waals surface area (Å²) in [5.41, 5.74) is 5.62. The fourth-order valence-corrected chi connectivity index (χ4v) is 1.24. The van der Waals surface area contributed by atoms with Gasteiger partial charge in [0.05, 0.1) is 12.2 Å². The highest BCUT2D eigenvalue weighted by atomic mass is 16.7. The van der Waals surface area contributed by atoms with E-state index in [-0.39, 0.29) is 26.8 Å². The van der Waals surface area contributed by atoms with Crippen molar-refractivity contribution in [2.24, 2.45) is 5.73 Å². The van der Waals surface area contributed by atoms with Crippen molar-refractivity contribution in [1.82, 2.24) is 0 Å². The van der Waals surface area contributed by atoms with Gasteiger partial charge in [-0.15, -0.1) is 0 Å². The van der Waals surface area contributed by atoms with Crippen LogP contribution in [0, 0.1) is 0 Å². The van der Waals surface area contributed by atoms with Gasteiger partial charge in [0.2, 0.25) is 0 Å². The summed E-state index contributed by atoms with van der Waals surface area (Å²) in [4.78, 5) is 0. The summed E-state index contributed by atoms with van der Waals surface area (Å²) in [6.07, 6.45) is -0.504. The zero-order valence-electron chi connectivity index (χ0n) is 7.56. The van der Waals surface area contributed by atoms with Gasteiger partial charge in [0.25, 0.3) is 0 Å². The molecule has 5 heteroatoms. The maximum Gasteiger partial charge on any atom is 0.159 e. The molecule has 0 saturated carbocycles. The first-order valence-corrected chi connectivity index (χ1v) is 3.77. The second-order valence-electron chi connectivity index (χ2n) is 2.90. The van der Waals surface area contributed by atoms with Gasteiger partial charge in [-0.2, -0.15) is 0 Å². The highest BCUT2D eigenvalue weighted by Crippen LogP contribution is 2.18. The van der Waals surface area contributed by atoms with Crippen molar-refractivity contribution >= 4 is 8.41 Å². The lowest BCUT2D eigenvalue weighted by molar-refractivity contribution is -0.211. The van der Waals surface area contributed by atoms with Crippen LogP contribution in [-0.2, 0) is 9.47 Å². The van der Waals surface area contributed by atoms with E-state index in [0.717, 1.165) is 0 Å². The van der Waals surface area contributed by atoms with Crippen molar-refractivity contribution in [2.45, 2.75) is 37.9 Å². The molecule has 4 atom stereocenters. The first-order valence-electron chi connectivity index (χ1n) is 3.77. The molecule has 4 nitrogen and oxygen atoms in total. The third-order valence-corrected chi connectivity index (χ3v) is 2.01. The Morgan fingerprint density at radius 3 is 2.58 bits per heavy atom. The van der Waals surface area contributed by atoms with Crippen LogP contribution in [0.2, 0.25) is 0 Å². The van der Waals surface area contributed by atoms with Crippen LogP contribution in [0.5, 0.6) is 0 Å². The molecule has 0 bridgehead atoms. The Balaban J connectivity index is 0.00000121. The molecule has 0 aliphatic carbocycles. The second-order valence-corrected chi connectivity index (χ2v) is 2.90. The van der Waals surface area contributed by atoms with Crippen molar-refractivity contribution in [3.63, 3.8) is 0 Å². The van der Waals surface area contributed by atoms with E-state index >= 15 is 0 Å². The van der Waals surface area contributed by atoms with Gasteiger partial charge in [-0.1, -0.05) is 0 Å². The molecule has 0 spiro atoms. The van der Waals surface area contributed by atoms with E-state index in [1.54, 1.807) is 14.0 Å². The average molecular weight is 173 g/mol. The Morgan fingerprint density at radius 2 is 2.17 bits per heavy atom. The Labute approximate surface area is 74.6 Å². The predicted molar refractivity (Wildman–Crippen MR) is 47.1 cm³/mol. The molecule has 70 valence electrons. The van der Waals surface area contributed by atoms with Gasteiger partial charge in [-0.3, -0.25) is 0 Å². The third kappa shape index (κ3) is 2.45. The number of hydrogen-bond acceptors (Lipinski definition) is 4. The first-order chi connectivity index (χ1) is 5.15. The fraction of sp³-hybridized carbons (Fsp3) is 1.00. The molecule has 1 fully saturated rings. The minimum absolute atomic E-state index is 0. The molecular weight excluding hydrogens is 157 g/mol. The number of hydrogen-bond donors (Lipinski definition) is 2. The minimum Gasteiger partial charge on any atom is -0.389 e. The summed E-state index contributed by atoms with van der Waals surface area (Å²) in [5.74, 6) is 0. The van der Waals surface area contributed by atoms with Crippen molar-refractivity contribution in [2.75, 3.05) is 7.11 Å². The number of rotatable bonds is 1. The highest BCUT2D eigenvalue weighted by Gasteiger charge is 2.32. The topological polar surface area (TPSA) is 64.7 Å². The molecule has 12 heavy (non-hydrogen) atoms. The van der Waals surface area contributed by atoms with Crippen LogP contribution in [0.25, 0.3) is 0 Å². The molecule has 1 aliphatic rings. The number of ether oxygens (including phenoxy) is 2. The molecular formula is C7H16BNO3. The highest BCUT2D eigenvalue weighted by molar-refractivity contribution is 5.75. The Hall–Kier alpha value is -0.0951. The monoisotopic (exact) mass is 173 g/mol. The molecule has 0 aromatic heterocycles. The number of nitrogens with two attached hydrogens (primary N) is 1. The SMILES string of the molecule is CO[C@H]1CC(N)[C@H](O)C(C)O1.[BH]. The van der Waals surface area contributed by atoms with Gasteiger partial charge in [-0.05, 0) is 6.92 Å². The lowest BCUT2D eigenvalue weighted by Gasteiger charge is -2.35. The molecule has 0 amide bonds. The van der Waals surface area contributed by atoms with Crippen LogP contribution in [0.15, 0.2) is 0 Å². The molecule has 0 aromatic rings. The van der Waals surface area contributed by atoms with Gasteiger partial charge < -0.3 is 20.3 Å². The lowest BCUT2D eigenvalue weighted by atomic mass is 10.0. The van der Waals surface area contributed by atoms with Crippen LogP contribution >= 0.6 is 0 Å². The van der Waals surface area contributed by atoms with E-state index in [2.05, 4.69) is 0 Å². The summed E-state index contributed by atoms with van der Waals surface area (Å²) in [6.45, 7) is 1.79. The van der Waals surface area contributed by atoms with Gasteiger partial charge in [0.15, 0.2) is 6.29 Å². The van der Waals surface area contributed by atoms with Crippen LogP contribution < -0.4 is 5.73 Å². The van der Waals surface area contributed by atoms with Gasteiger partial charge >= 0.3 is 0 Å². The summed E-state index contributed by atoms with van der Waals surface area (Å²) >= 11 is 0. The standard InChI is InChI=1S/C7H15NO3.BH/c1-4-7(9)5(8)3-6(10-2)11-4;/h4-7,9H,3,8H2,1-2H3;1H/t4?,5?,6-,7-;/m1./s1. The largest absolute Gasteiger partial charge is 0.389 e. The van der Waals surface area contributed by atoms with Crippen LogP contribution in [0.4, 0.5) is 0 Å². The Morgan fingerprint density at radius 1 is 1.58 bits per heavy atom. The van der Waals surface area contributed by atoms with Crippen molar-refractivity contribution in [3.05, 3.63) is 0 Å². The molecule has 3 N–H and O–H groups in total. The number of aliphatic hydroxyl groups excluding tert-OH is 1. The van der Waals surface area contributed by atoms with Crippen molar-refractivity contribution in [3.8, 4) is 0 Å². The van der Waals surface area contributed by atoms with E-state index in [1.807, 2.05) is 0 Å². The normalized spacial score (nSPS) is 42.0. The zero-order valence-corrected chi connectivity index (χ0v) is 7.56. The van der Waals surface area contributed by atoms with E-state index in [1.165, 1.54) is 0 Å². The smallest absolute Gasteiger partial charge is 0.159 e. The average Bonchev–Trinajstić information content (AvgIpc) is 1.99. The molecule has 1 heterocycles. The van der Waals surface area contributed by atoms with E-state index in [9.17, 15) is 5.11 Å². The summed E-state index contributed by atoms with van der Waals surface area (Å²) in [6, 6.07) is -0.233. The maximum atomic E-state index is 9.35. The van der Waals surface area contributed by atoms with Crippen molar-refractivity contribution < 1.29 is 14.6 Å². The van der Waals surface area contributed by atoms with E-state index < -0.39 is 6.10 Å². The van der Waals surface area contributed by atoms with Gasteiger partial charge in [0, 0.05) is 28.0 Å². The maximum absolute atomic E-state index is 9.35. The quantitative estimate of drug-likeness (QED) is 0.489. The first kappa shape index (κ1) is 11.9. The summed E-state index contributed by atoms with van der Waals surface area (Å²) < 4.78 is 10.2. The third-order valence-electron chi connectivity index (χ3n) is 2.01. The van der Waals surface area contributed by atoms with Crippen LogP contribution in [0.1, 0.15) is 13.3 Å². The Kier molecular flexibility index (Phi) is 4.78. The lowest BCUT2D eigenvalue weighted by Crippen LogP contribution is -2.51. The molecule has 1 saturated heterocycles. The predicted octanol–water partition coefficient (Wildman–Crippen LogP) is -1.19. The van der Waals surface area contributed by atoms with E-state index in [4.69, 9.17) is 15.2 Å². The Bertz CT molecular complexity index is 124. The second kappa shape index (κ2) is 4.82. The van der Waals surface area contributed by atoms with E-state index in [0.29, 0.717) is 6.42 Å². The fourth-order valence-electron chi connectivity index (χ4n) is 1.24. The van der Waals surface area contributed by atoms with Gasteiger partial charge in [0.1, 0.15) is 0 Å². The molecule has 0 aromatic carbocycles. The molecule has 2 radical (unpaired) electrons. The van der Waals surface area contributed by atoms with Crippen LogP contribution in [-0.4, -0.2) is 45.2 Å². The van der Waals surface area contributed by atoms with Gasteiger partial charge in [-0.25, -0.2) is 0 Å². The minimum atomic E-state index is -0.568.